The maximum atomic E-state index is 12.4. The van der Waals surface area contributed by atoms with E-state index in [1.54, 1.807) is 6.07 Å². The number of nitrogens with zero attached hydrogens (tertiary/aromatic N) is 3. The second kappa shape index (κ2) is 7.65. The molecule has 1 saturated heterocycles. The lowest BCUT2D eigenvalue weighted by Crippen LogP contribution is -2.53. The Kier molecular flexibility index (Phi) is 5.06. The van der Waals surface area contributed by atoms with Crippen molar-refractivity contribution in [3.8, 4) is 0 Å². The smallest absolute Gasteiger partial charge is 0.406 e. The molecule has 0 spiro atoms. The summed E-state index contributed by atoms with van der Waals surface area (Å²) in [7, 11) is 0. The van der Waals surface area contributed by atoms with E-state index in [-0.39, 0.29) is 18.5 Å². The molecule has 2 aromatic heterocycles. The monoisotopic (exact) mass is 401 g/mol. The van der Waals surface area contributed by atoms with Crippen molar-refractivity contribution in [3.05, 3.63) is 52.1 Å². The summed E-state index contributed by atoms with van der Waals surface area (Å²) in [4.78, 5) is 34.6. The van der Waals surface area contributed by atoms with Crippen molar-refractivity contribution >= 4 is 40.1 Å². The maximum absolute atomic E-state index is 12.4. The molecule has 1 aliphatic heterocycles. The fraction of sp³-hybridized carbons (Fsp3) is 0.316. The van der Waals surface area contributed by atoms with E-state index in [1.165, 1.54) is 6.20 Å². The number of pyridine rings is 1. The van der Waals surface area contributed by atoms with Gasteiger partial charge >= 0.3 is 5.76 Å². The number of oxazole rings is 1. The second-order valence-electron chi connectivity index (χ2n) is 6.89. The molecule has 0 aliphatic carbocycles. The summed E-state index contributed by atoms with van der Waals surface area (Å²) < 4.78 is 4.97. The van der Waals surface area contributed by atoms with E-state index in [0.29, 0.717) is 16.9 Å². The van der Waals surface area contributed by atoms with Crippen LogP contribution >= 0.6 is 11.6 Å². The molecule has 1 fully saturated rings. The maximum Gasteiger partial charge on any atom is 0.418 e. The first-order valence-electron chi connectivity index (χ1n) is 9.01. The van der Waals surface area contributed by atoms with E-state index in [0.717, 1.165) is 30.3 Å². The summed E-state index contributed by atoms with van der Waals surface area (Å²) in [5.74, 6) is -0.704. The average Bonchev–Trinajstić information content (AvgIpc) is 3.02. The Balaban J connectivity index is 1.34. The second-order valence-corrected chi connectivity index (χ2v) is 7.32. The summed E-state index contributed by atoms with van der Waals surface area (Å²) in [5, 5.41) is 3.53. The van der Waals surface area contributed by atoms with Crippen LogP contribution in [0.25, 0.3) is 11.2 Å². The number of H-pyrrole nitrogens is 1. The minimum absolute atomic E-state index is 0.133. The summed E-state index contributed by atoms with van der Waals surface area (Å²) in [5.41, 5.74) is 2.30. The molecule has 8 nitrogen and oxygen atoms in total. The van der Waals surface area contributed by atoms with Crippen LogP contribution in [0.4, 0.5) is 11.4 Å². The minimum Gasteiger partial charge on any atom is -0.406 e. The van der Waals surface area contributed by atoms with Crippen molar-refractivity contribution in [2.45, 2.75) is 13.0 Å². The molecular formula is C19H20ClN5O3. The minimum atomic E-state index is -0.571. The summed E-state index contributed by atoms with van der Waals surface area (Å²) in [6.07, 6.45) is 1.49. The predicted molar refractivity (Wildman–Crippen MR) is 108 cm³/mol. The number of aromatic nitrogens is 2. The fourth-order valence-electron chi connectivity index (χ4n) is 3.50. The molecule has 1 amide bonds. The Morgan fingerprint density at radius 3 is 2.89 bits per heavy atom. The van der Waals surface area contributed by atoms with Crippen molar-refractivity contribution in [1.82, 2.24) is 14.9 Å². The van der Waals surface area contributed by atoms with Crippen LogP contribution in [0.1, 0.15) is 6.92 Å². The molecule has 9 heteroatoms. The lowest BCUT2D eigenvalue weighted by Gasteiger charge is -2.41. The highest BCUT2D eigenvalue weighted by Crippen LogP contribution is 2.22. The van der Waals surface area contributed by atoms with Gasteiger partial charge < -0.3 is 14.6 Å². The first-order valence-corrected chi connectivity index (χ1v) is 9.39. The molecular weight excluding hydrogens is 382 g/mol. The zero-order chi connectivity index (χ0) is 19.7. The van der Waals surface area contributed by atoms with Gasteiger partial charge in [0, 0.05) is 42.5 Å². The third-order valence-corrected chi connectivity index (χ3v) is 5.05. The Hall–Kier alpha value is -2.84. The lowest BCUT2D eigenvalue weighted by atomic mass is 10.1. The number of nitrogens with one attached hydrogen (secondary N) is 2. The molecule has 1 atom stereocenters. The first-order chi connectivity index (χ1) is 13.5. The van der Waals surface area contributed by atoms with E-state index in [2.05, 4.69) is 32.0 Å². The van der Waals surface area contributed by atoms with Crippen LogP contribution in [-0.4, -0.2) is 53.0 Å². The van der Waals surface area contributed by atoms with Crippen LogP contribution < -0.4 is 16.0 Å². The molecule has 1 aliphatic rings. The highest BCUT2D eigenvalue weighted by molar-refractivity contribution is 6.30. The van der Waals surface area contributed by atoms with Gasteiger partial charge in [-0.25, -0.2) is 9.78 Å². The van der Waals surface area contributed by atoms with Crippen LogP contribution in [0, 0.1) is 0 Å². The van der Waals surface area contributed by atoms with Crippen molar-refractivity contribution in [3.63, 3.8) is 0 Å². The summed E-state index contributed by atoms with van der Waals surface area (Å²) in [6.45, 7) is 4.82. The highest BCUT2D eigenvalue weighted by Gasteiger charge is 2.25. The molecule has 0 unspecified atom stereocenters. The summed E-state index contributed by atoms with van der Waals surface area (Å²) >= 11 is 5.97. The third-order valence-electron chi connectivity index (χ3n) is 4.80. The molecule has 146 valence electrons. The van der Waals surface area contributed by atoms with E-state index in [9.17, 15) is 9.59 Å². The number of halogens is 1. The standard InChI is InChI=1S/C19H20ClN5O3/c1-12-10-24(6-7-25(12)15-4-2-13(20)3-5-15)11-17(26)22-14-8-16-18(21-9-14)23-19(27)28-16/h2-5,8-9,12H,6-7,10-11H2,1H3,(H,22,26)(H,21,23,27)/t12-/m1/s1. The molecule has 0 bridgehead atoms. The van der Waals surface area contributed by atoms with E-state index in [1.807, 2.05) is 24.3 Å². The molecule has 3 heterocycles. The Bertz CT molecular complexity index is 1050. The summed E-state index contributed by atoms with van der Waals surface area (Å²) in [6, 6.07) is 9.67. The molecule has 0 saturated carbocycles. The predicted octanol–water partition coefficient (Wildman–Crippen LogP) is 2.32. The average molecular weight is 402 g/mol. The molecule has 28 heavy (non-hydrogen) atoms. The van der Waals surface area contributed by atoms with Crippen LogP contribution in [0.15, 0.2) is 45.7 Å². The van der Waals surface area contributed by atoms with Gasteiger partial charge in [0.05, 0.1) is 18.4 Å². The van der Waals surface area contributed by atoms with Crippen LogP contribution in [0.3, 0.4) is 0 Å². The van der Waals surface area contributed by atoms with Gasteiger partial charge in [0.25, 0.3) is 0 Å². The number of rotatable bonds is 4. The van der Waals surface area contributed by atoms with Crippen LogP contribution in [0.5, 0.6) is 0 Å². The van der Waals surface area contributed by atoms with E-state index >= 15 is 0 Å². The van der Waals surface area contributed by atoms with Gasteiger partial charge in [-0.05, 0) is 31.2 Å². The number of aromatic amines is 1. The molecule has 4 rings (SSSR count). The van der Waals surface area contributed by atoms with Crippen molar-refractivity contribution in [2.24, 2.45) is 0 Å². The van der Waals surface area contributed by atoms with Crippen molar-refractivity contribution in [2.75, 3.05) is 36.4 Å². The van der Waals surface area contributed by atoms with Gasteiger partial charge in [0.2, 0.25) is 5.91 Å². The largest absolute Gasteiger partial charge is 0.418 e. The lowest BCUT2D eigenvalue weighted by molar-refractivity contribution is -0.117. The molecule has 2 N–H and O–H groups in total. The SMILES string of the molecule is C[C@@H]1CN(CC(=O)Nc2cnc3[nH]c(=O)oc3c2)CCN1c1ccc(Cl)cc1. The number of carbonyl (C=O) groups is 1. The third kappa shape index (κ3) is 4.02. The zero-order valence-corrected chi connectivity index (χ0v) is 16.1. The first kappa shape index (κ1) is 18.5. The number of hydrogen-bond acceptors (Lipinski definition) is 6. The van der Waals surface area contributed by atoms with Crippen molar-refractivity contribution in [1.29, 1.82) is 0 Å². The molecule has 0 radical (unpaired) electrons. The topological polar surface area (TPSA) is 94.5 Å². The van der Waals surface area contributed by atoms with Gasteiger partial charge in [-0.15, -0.1) is 0 Å². The number of anilines is 2. The number of hydrogen-bond donors (Lipinski definition) is 2. The Morgan fingerprint density at radius 1 is 1.36 bits per heavy atom. The van der Waals surface area contributed by atoms with Gasteiger partial charge in [0.15, 0.2) is 11.2 Å². The van der Waals surface area contributed by atoms with Crippen LogP contribution in [-0.2, 0) is 4.79 Å². The Morgan fingerprint density at radius 2 is 2.14 bits per heavy atom. The van der Waals surface area contributed by atoms with Gasteiger partial charge in [-0.3, -0.25) is 14.7 Å². The quantitative estimate of drug-likeness (QED) is 0.696. The number of carbonyl (C=O) groups excluding carboxylic acids is 1. The van der Waals surface area contributed by atoms with Crippen LogP contribution in [0.2, 0.25) is 5.02 Å². The van der Waals surface area contributed by atoms with Gasteiger partial charge in [-0.2, -0.15) is 0 Å². The van der Waals surface area contributed by atoms with Gasteiger partial charge in [-0.1, -0.05) is 11.6 Å². The zero-order valence-electron chi connectivity index (χ0n) is 15.3. The fourth-order valence-corrected chi connectivity index (χ4v) is 3.63. The molecule has 1 aromatic carbocycles. The number of piperazine rings is 1. The number of benzene rings is 1. The van der Waals surface area contributed by atoms with E-state index < -0.39 is 5.76 Å². The number of fused-ring (bicyclic) bond motifs is 1. The number of amides is 1. The van der Waals surface area contributed by atoms with E-state index in [4.69, 9.17) is 16.0 Å². The Labute approximate surface area is 166 Å². The normalized spacial score (nSPS) is 17.8. The van der Waals surface area contributed by atoms with Gasteiger partial charge in [0.1, 0.15) is 0 Å². The molecule has 3 aromatic rings. The highest BCUT2D eigenvalue weighted by atomic mass is 35.5. The van der Waals surface area contributed by atoms with Crippen molar-refractivity contribution < 1.29 is 9.21 Å².